The first-order valence-electron chi connectivity index (χ1n) is 5.26. The Hall–Kier alpha value is -1.09. The van der Waals surface area contributed by atoms with Crippen LogP contribution in [0, 0.1) is 6.92 Å². The Balaban J connectivity index is 2.57. The molecule has 0 aromatic carbocycles. The van der Waals surface area contributed by atoms with Crippen molar-refractivity contribution in [3.05, 3.63) is 24.0 Å². The smallest absolute Gasteiger partial charge is 0.0393 e. The van der Waals surface area contributed by atoms with Crippen molar-refractivity contribution < 1.29 is 0 Å². The summed E-state index contributed by atoms with van der Waals surface area (Å²) in [5.74, 6) is 0. The second-order valence-electron chi connectivity index (χ2n) is 4.75. The van der Waals surface area contributed by atoms with E-state index in [9.17, 15) is 0 Å². The topological polar surface area (TPSA) is 28.2 Å². The van der Waals surface area contributed by atoms with Crippen LogP contribution >= 0.6 is 0 Å². The number of nitrogens with one attached hydrogen (secondary N) is 1. The third kappa shape index (κ3) is 3.51. The van der Waals surface area contributed by atoms with Crippen molar-refractivity contribution >= 4 is 5.69 Å². The predicted molar refractivity (Wildman–Crippen MR) is 65.2 cm³/mol. The van der Waals surface area contributed by atoms with Crippen molar-refractivity contribution in [2.45, 2.75) is 26.3 Å². The van der Waals surface area contributed by atoms with Gasteiger partial charge < -0.3 is 10.2 Å². The maximum Gasteiger partial charge on any atom is 0.0393 e. The van der Waals surface area contributed by atoms with Gasteiger partial charge in [-0.05, 0) is 47.0 Å². The van der Waals surface area contributed by atoms with E-state index >= 15 is 0 Å². The minimum atomic E-state index is 0.150. The molecule has 0 bridgehead atoms. The van der Waals surface area contributed by atoms with Crippen molar-refractivity contribution in [2.75, 3.05) is 26.0 Å². The molecule has 1 aromatic heterocycles. The fraction of sp³-hybridized carbons (Fsp3) is 0.583. The van der Waals surface area contributed by atoms with Crippen molar-refractivity contribution in [2.24, 2.45) is 0 Å². The molecule has 0 aliphatic heterocycles. The van der Waals surface area contributed by atoms with Gasteiger partial charge >= 0.3 is 0 Å². The Kier molecular flexibility index (Phi) is 3.69. The van der Waals surface area contributed by atoms with Crippen LogP contribution in [-0.4, -0.2) is 36.1 Å². The Morgan fingerprint density at radius 2 is 2.07 bits per heavy atom. The van der Waals surface area contributed by atoms with E-state index in [1.807, 2.05) is 19.2 Å². The largest absolute Gasteiger partial charge is 0.383 e. The second-order valence-corrected chi connectivity index (χ2v) is 4.75. The van der Waals surface area contributed by atoms with Gasteiger partial charge in [0.25, 0.3) is 0 Å². The van der Waals surface area contributed by atoms with Gasteiger partial charge in [-0.15, -0.1) is 0 Å². The van der Waals surface area contributed by atoms with Crippen LogP contribution in [0.1, 0.15) is 19.5 Å². The molecule has 84 valence electrons. The summed E-state index contributed by atoms with van der Waals surface area (Å²) in [4.78, 5) is 6.39. The molecule has 1 N–H and O–H groups in total. The summed E-state index contributed by atoms with van der Waals surface area (Å²) in [6.07, 6.45) is 1.83. The van der Waals surface area contributed by atoms with E-state index in [-0.39, 0.29) is 5.54 Å². The summed E-state index contributed by atoms with van der Waals surface area (Å²) < 4.78 is 0. The van der Waals surface area contributed by atoms with Crippen molar-refractivity contribution in [3.8, 4) is 0 Å². The number of aromatic nitrogens is 1. The standard InChI is InChI=1S/C12H21N3/c1-10-8-11(6-7-13-10)14-9-12(2,3)15(4)5/h6-8H,9H2,1-5H3,(H,13,14). The highest BCUT2D eigenvalue weighted by Gasteiger charge is 2.19. The van der Waals surface area contributed by atoms with Gasteiger partial charge in [0.05, 0.1) is 0 Å². The molecule has 0 radical (unpaired) electrons. The van der Waals surface area contributed by atoms with Gasteiger partial charge in [0.15, 0.2) is 0 Å². The average Bonchev–Trinajstić information content (AvgIpc) is 2.15. The van der Waals surface area contributed by atoms with E-state index < -0.39 is 0 Å². The summed E-state index contributed by atoms with van der Waals surface area (Å²) in [5, 5.41) is 3.43. The number of likely N-dealkylation sites (N-methyl/N-ethyl adjacent to an activating group) is 1. The summed E-state index contributed by atoms with van der Waals surface area (Å²) in [7, 11) is 4.19. The highest BCUT2D eigenvalue weighted by atomic mass is 15.2. The van der Waals surface area contributed by atoms with Crippen LogP contribution in [0.5, 0.6) is 0 Å². The SMILES string of the molecule is Cc1cc(NCC(C)(C)N(C)C)ccn1. The molecule has 0 saturated heterocycles. The molecule has 0 spiro atoms. The molecule has 1 aromatic rings. The zero-order valence-corrected chi connectivity index (χ0v) is 10.3. The first-order chi connectivity index (χ1) is 6.92. The number of nitrogens with zero attached hydrogens (tertiary/aromatic N) is 2. The van der Waals surface area contributed by atoms with Gasteiger partial charge in [0.2, 0.25) is 0 Å². The summed E-state index contributed by atoms with van der Waals surface area (Å²) in [6.45, 7) is 7.35. The molecule has 3 nitrogen and oxygen atoms in total. The van der Waals surface area contributed by atoms with Crippen molar-refractivity contribution in [1.82, 2.24) is 9.88 Å². The monoisotopic (exact) mass is 207 g/mol. The molecule has 0 aliphatic carbocycles. The van der Waals surface area contributed by atoms with Gasteiger partial charge in [-0.3, -0.25) is 4.98 Å². The van der Waals surface area contributed by atoms with Crippen LogP contribution in [0.15, 0.2) is 18.3 Å². The van der Waals surface area contributed by atoms with E-state index in [0.717, 1.165) is 17.9 Å². The van der Waals surface area contributed by atoms with Crippen molar-refractivity contribution in [1.29, 1.82) is 0 Å². The molecule has 15 heavy (non-hydrogen) atoms. The Morgan fingerprint density at radius 3 is 2.60 bits per heavy atom. The average molecular weight is 207 g/mol. The zero-order chi connectivity index (χ0) is 11.5. The lowest BCUT2D eigenvalue weighted by Crippen LogP contribution is -2.44. The molecule has 1 rings (SSSR count). The highest BCUT2D eigenvalue weighted by Crippen LogP contribution is 2.13. The maximum absolute atomic E-state index is 4.17. The normalized spacial score (nSPS) is 11.9. The number of hydrogen-bond acceptors (Lipinski definition) is 3. The predicted octanol–water partition coefficient (Wildman–Crippen LogP) is 2.14. The van der Waals surface area contributed by atoms with E-state index in [0.29, 0.717) is 0 Å². The lowest BCUT2D eigenvalue weighted by atomic mass is 10.0. The third-order valence-corrected chi connectivity index (χ3v) is 2.83. The molecular formula is C12H21N3. The Bertz CT molecular complexity index is 318. The molecule has 0 aliphatic rings. The molecule has 0 saturated carbocycles. The lowest BCUT2D eigenvalue weighted by molar-refractivity contribution is 0.210. The summed E-state index contributed by atoms with van der Waals surface area (Å²) >= 11 is 0. The quantitative estimate of drug-likeness (QED) is 0.820. The fourth-order valence-corrected chi connectivity index (χ4v) is 1.13. The summed E-state index contributed by atoms with van der Waals surface area (Å²) in [6, 6.07) is 4.06. The molecule has 0 atom stereocenters. The van der Waals surface area contributed by atoms with Crippen LogP contribution in [-0.2, 0) is 0 Å². The molecular weight excluding hydrogens is 186 g/mol. The Labute approximate surface area is 92.5 Å². The number of rotatable bonds is 4. The first-order valence-corrected chi connectivity index (χ1v) is 5.26. The second kappa shape index (κ2) is 4.62. The Morgan fingerprint density at radius 1 is 1.40 bits per heavy atom. The van der Waals surface area contributed by atoms with E-state index in [2.05, 4.69) is 49.2 Å². The zero-order valence-electron chi connectivity index (χ0n) is 10.3. The number of pyridine rings is 1. The van der Waals surface area contributed by atoms with Gasteiger partial charge in [-0.25, -0.2) is 0 Å². The number of hydrogen-bond donors (Lipinski definition) is 1. The van der Waals surface area contributed by atoms with E-state index in [1.165, 1.54) is 0 Å². The van der Waals surface area contributed by atoms with Crippen LogP contribution < -0.4 is 5.32 Å². The molecule has 3 heteroatoms. The van der Waals surface area contributed by atoms with Crippen molar-refractivity contribution in [3.63, 3.8) is 0 Å². The summed E-state index contributed by atoms with van der Waals surface area (Å²) in [5.41, 5.74) is 2.33. The van der Waals surface area contributed by atoms with E-state index in [1.54, 1.807) is 0 Å². The van der Waals surface area contributed by atoms with Gasteiger partial charge in [0, 0.05) is 29.7 Å². The third-order valence-electron chi connectivity index (χ3n) is 2.83. The molecule has 1 heterocycles. The maximum atomic E-state index is 4.17. The number of anilines is 1. The fourth-order valence-electron chi connectivity index (χ4n) is 1.13. The molecule has 0 fully saturated rings. The van der Waals surface area contributed by atoms with Gasteiger partial charge in [0.1, 0.15) is 0 Å². The number of aryl methyl sites for hydroxylation is 1. The lowest BCUT2D eigenvalue weighted by Gasteiger charge is -2.33. The first kappa shape index (κ1) is 12.0. The van der Waals surface area contributed by atoms with Crippen LogP contribution in [0.25, 0.3) is 0 Å². The van der Waals surface area contributed by atoms with Crippen LogP contribution in [0.2, 0.25) is 0 Å². The minimum absolute atomic E-state index is 0.150. The van der Waals surface area contributed by atoms with Crippen LogP contribution in [0.4, 0.5) is 5.69 Å². The minimum Gasteiger partial charge on any atom is -0.383 e. The van der Waals surface area contributed by atoms with Gasteiger partial charge in [-0.2, -0.15) is 0 Å². The van der Waals surface area contributed by atoms with Crippen LogP contribution in [0.3, 0.4) is 0 Å². The highest BCUT2D eigenvalue weighted by molar-refractivity contribution is 5.43. The molecule has 0 amide bonds. The van der Waals surface area contributed by atoms with E-state index in [4.69, 9.17) is 0 Å². The van der Waals surface area contributed by atoms with Gasteiger partial charge in [-0.1, -0.05) is 0 Å². The molecule has 0 unspecified atom stereocenters.